The Hall–Kier alpha value is -1.03. The molecule has 4 nitrogen and oxygen atoms in total. The maximum absolute atomic E-state index is 11.9. The summed E-state index contributed by atoms with van der Waals surface area (Å²) in [5, 5.41) is 7.53. The van der Waals surface area contributed by atoms with Gasteiger partial charge in [-0.15, -0.1) is 0 Å². The minimum atomic E-state index is -0.242. The topological polar surface area (TPSA) is 46.9 Å². The third kappa shape index (κ3) is 3.48. The molecule has 1 aromatic rings. The van der Waals surface area contributed by atoms with Gasteiger partial charge in [-0.25, -0.2) is 4.68 Å². The zero-order chi connectivity index (χ0) is 13.9. The summed E-state index contributed by atoms with van der Waals surface area (Å²) in [6, 6.07) is 0.0126. The van der Waals surface area contributed by atoms with Gasteiger partial charge in [-0.05, 0) is 25.7 Å². The second-order valence-corrected chi connectivity index (χ2v) is 5.70. The molecule has 0 saturated heterocycles. The summed E-state index contributed by atoms with van der Waals surface area (Å²) < 4.78 is 1.39. The van der Waals surface area contributed by atoms with Gasteiger partial charge in [0.15, 0.2) is 0 Å². The van der Waals surface area contributed by atoms with E-state index in [1.54, 1.807) is 6.20 Å². The molecular formula is C13H22ClN3O. The van der Waals surface area contributed by atoms with Crippen LogP contribution in [0.15, 0.2) is 11.0 Å². The molecule has 0 fully saturated rings. The molecule has 0 bridgehead atoms. The van der Waals surface area contributed by atoms with Gasteiger partial charge in [-0.1, -0.05) is 32.4 Å². The van der Waals surface area contributed by atoms with Gasteiger partial charge >= 0.3 is 0 Å². The molecule has 0 aliphatic rings. The Balaban J connectivity index is 2.86. The molecule has 0 radical (unpaired) electrons. The van der Waals surface area contributed by atoms with Gasteiger partial charge in [-0.3, -0.25) is 4.79 Å². The average molecular weight is 272 g/mol. The molecule has 1 rings (SSSR count). The van der Waals surface area contributed by atoms with Crippen molar-refractivity contribution in [3.05, 3.63) is 21.6 Å². The highest BCUT2D eigenvalue weighted by Gasteiger charge is 2.12. The van der Waals surface area contributed by atoms with Crippen LogP contribution in [0.3, 0.4) is 0 Å². The molecule has 1 heterocycles. The minimum absolute atomic E-state index is 0.0126. The van der Waals surface area contributed by atoms with Crippen LogP contribution in [0.5, 0.6) is 0 Å². The van der Waals surface area contributed by atoms with Crippen LogP contribution in [-0.2, 0) is 0 Å². The van der Waals surface area contributed by atoms with Gasteiger partial charge < -0.3 is 5.32 Å². The lowest BCUT2D eigenvalue weighted by molar-refractivity contribution is 0.439. The largest absolute Gasteiger partial charge is 0.382 e. The van der Waals surface area contributed by atoms with E-state index in [-0.39, 0.29) is 16.6 Å². The number of hydrogen-bond acceptors (Lipinski definition) is 3. The molecular weight excluding hydrogens is 250 g/mol. The van der Waals surface area contributed by atoms with Gasteiger partial charge in [-0.2, -0.15) is 5.10 Å². The molecule has 0 amide bonds. The van der Waals surface area contributed by atoms with E-state index >= 15 is 0 Å². The summed E-state index contributed by atoms with van der Waals surface area (Å²) in [7, 11) is 0. The number of halogens is 1. The smallest absolute Gasteiger partial charge is 0.287 e. The molecule has 5 heteroatoms. The first kappa shape index (κ1) is 15.0. The fraction of sp³-hybridized carbons (Fsp3) is 0.692. The van der Waals surface area contributed by atoms with Crippen molar-refractivity contribution in [1.82, 2.24) is 9.78 Å². The van der Waals surface area contributed by atoms with E-state index in [1.807, 2.05) is 13.8 Å². The van der Waals surface area contributed by atoms with Crippen molar-refractivity contribution in [2.75, 3.05) is 11.9 Å². The Kier molecular flexibility index (Phi) is 5.20. The summed E-state index contributed by atoms with van der Waals surface area (Å²) in [4.78, 5) is 11.9. The summed E-state index contributed by atoms with van der Waals surface area (Å²) in [6.07, 6.45) is 1.62. The van der Waals surface area contributed by atoms with Crippen LogP contribution in [-0.4, -0.2) is 16.3 Å². The monoisotopic (exact) mass is 271 g/mol. The van der Waals surface area contributed by atoms with Crippen molar-refractivity contribution >= 4 is 17.3 Å². The van der Waals surface area contributed by atoms with E-state index in [2.05, 4.69) is 31.2 Å². The van der Waals surface area contributed by atoms with Crippen LogP contribution in [0.25, 0.3) is 0 Å². The maximum Gasteiger partial charge on any atom is 0.287 e. The van der Waals surface area contributed by atoms with Crippen LogP contribution in [0.2, 0.25) is 5.02 Å². The third-order valence-corrected chi connectivity index (χ3v) is 3.55. The average Bonchev–Trinajstić information content (AvgIpc) is 2.30. The Morgan fingerprint density at radius 3 is 2.44 bits per heavy atom. The maximum atomic E-state index is 11.9. The van der Waals surface area contributed by atoms with Gasteiger partial charge in [0.05, 0.1) is 17.9 Å². The second kappa shape index (κ2) is 6.23. The molecule has 1 aromatic heterocycles. The highest BCUT2D eigenvalue weighted by molar-refractivity contribution is 6.32. The fourth-order valence-electron chi connectivity index (χ4n) is 1.44. The number of anilines is 1. The Labute approximate surface area is 113 Å². The second-order valence-electron chi connectivity index (χ2n) is 5.32. The summed E-state index contributed by atoms with van der Waals surface area (Å²) in [6.45, 7) is 11.1. The SMILES string of the molecule is CC(C)C(C)CNc1cnn(C(C)C)c(=O)c1Cl. The van der Waals surface area contributed by atoms with E-state index in [4.69, 9.17) is 11.6 Å². The normalized spacial score (nSPS) is 13.1. The van der Waals surface area contributed by atoms with Crippen molar-refractivity contribution in [3.63, 3.8) is 0 Å². The van der Waals surface area contributed by atoms with Crippen LogP contribution in [0.4, 0.5) is 5.69 Å². The lowest BCUT2D eigenvalue weighted by Gasteiger charge is -2.18. The highest BCUT2D eigenvalue weighted by atomic mass is 35.5. The fourth-order valence-corrected chi connectivity index (χ4v) is 1.64. The first-order valence-corrected chi connectivity index (χ1v) is 6.73. The van der Waals surface area contributed by atoms with Crippen LogP contribution >= 0.6 is 11.6 Å². The van der Waals surface area contributed by atoms with Crippen LogP contribution in [0.1, 0.15) is 40.7 Å². The third-order valence-electron chi connectivity index (χ3n) is 3.19. The van der Waals surface area contributed by atoms with Gasteiger partial charge in [0.2, 0.25) is 0 Å². The van der Waals surface area contributed by atoms with Crippen molar-refractivity contribution < 1.29 is 0 Å². The molecule has 0 aliphatic carbocycles. The minimum Gasteiger partial charge on any atom is -0.382 e. The molecule has 1 atom stereocenters. The number of nitrogens with zero attached hydrogens (tertiary/aromatic N) is 2. The number of aromatic nitrogens is 2. The van der Waals surface area contributed by atoms with Gasteiger partial charge in [0, 0.05) is 6.54 Å². The molecule has 102 valence electrons. The molecule has 0 spiro atoms. The predicted molar refractivity (Wildman–Crippen MR) is 76.4 cm³/mol. The van der Waals surface area contributed by atoms with Crippen LogP contribution in [0, 0.1) is 11.8 Å². The molecule has 0 aliphatic heterocycles. The van der Waals surface area contributed by atoms with E-state index in [0.29, 0.717) is 17.5 Å². The molecule has 0 aromatic carbocycles. The first-order chi connectivity index (χ1) is 8.34. The predicted octanol–water partition coefficient (Wildman–Crippen LogP) is 3.18. The van der Waals surface area contributed by atoms with E-state index < -0.39 is 0 Å². The Morgan fingerprint density at radius 1 is 1.33 bits per heavy atom. The standard InChI is InChI=1S/C13H22ClN3O/c1-8(2)10(5)6-15-11-7-16-17(9(3)4)13(18)12(11)14/h7-10,15H,6H2,1-5H3. The lowest BCUT2D eigenvalue weighted by atomic mass is 9.98. The van der Waals surface area contributed by atoms with Crippen molar-refractivity contribution in [2.24, 2.45) is 11.8 Å². The van der Waals surface area contributed by atoms with Crippen LogP contribution < -0.4 is 10.9 Å². The Morgan fingerprint density at radius 2 is 1.94 bits per heavy atom. The molecule has 18 heavy (non-hydrogen) atoms. The Bertz CT molecular complexity index is 454. The van der Waals surface area contributed by atoms with Crippen molar-refractivity contribution in [1.29, 1.82) is 0 Å². The zero-order valence-electron chi connectivity index (χ0n) is 11.7. The molecule has 1 unspecified atom stereocenters. The zero-order valence-corrected chi connectivity index (χ0v) is 12.5. The van der Waals surface area contributed by atoms with E-state index in [9.17, 15) is 4.79 Å². The number of hydrogen-bond donors (Lipinski definition) is 1. The summed E-state index contributed by atoms with van der Waals surface area (Å²) in [5.41, 5.74) is 0.375. The number of rotatable bonds is 5. The first-order valence-electron chi connectivity index (χ1n) is 6.35. The lowest BCUT2D eigenvalue weighted by Crippen LogP contribution is -2.26. The summed E-state index contributed by atoms with van der Waals surface area (Å²) >= 11 is 6.07. The quantitative estimate of drug-likeness (QED) is 0.895. The molecule has 0 saturated carbocycles. The van der Waals surface area contributed by atoms with Gasteiger partial charge in [0.25, 0.3) is 5.56 Å². The molecule has 1 N–H and O–H groups in total. The van der Waals surface area contributed by atoms with Crippen molar-refractivity contribution in [3.8, 4) is 0 Å². The van der Waals surface area contributed by atoms with Crippen molar-refractivity contribution in [2.45, 2.75) is 40.7 Å². The van der Waals surface area contributed by atoms with E-state index in [0.717, 1.165) is 6.54 Å². The summed E-state index contributed by atoms with van der Waals surface area (Å²) in [5.74, 6) is 1.09. The highest BCUT2D eigenvalue weighted by Crippen LogP contribution is 2.18. The number of nitrogens with one attached hydrogen (secondary N) is 1. The van der Waals surface area contributed by atoms with E-state index in [1.165, 1.54) is 4.68 Å². The van der Waals surface area contributed by atoms with Gasteiger partial charge in [0.1, 0.15) is 5.02 Å².